The first kappa shape index (κ1) is 18.5. The molecular weight excluding hydrogens is 370 g/mol. The number of hydrogen-bond acceptors (Lipinski definition) is 9. The highest BCUT2D eigenvalue weighted by molar-refractivity contribution is 7.13. The molecule has 0 bridgehead atoms. The van der Waals surface area contributed by atoms with Gasteiger partial charge in [-0.15, -0.1) is 11.3 Å². The lowest BCUT2D eigenvalue weighted by atomic mass is 10.1. The molecule has 0 saturated heterocycles. The van der Waals surface area contributed by atoms with E-state index in [1.54, 1.807) is 18.4 Å². The van der Waals surface area contributed by atoms with E-state index in [0.29, 0.717) is 33.4 Å². The van der Waals surface area contributed by atoms with Crippen LogP contribution in [-0.2, 0) is 9.47 Å². The van der Waals surface area contributed by atoms with E-state index in [4.69, 9.17) is 9.15 Å². The van der Waals surface area contributed by atoms with Gasteiger partial charge in [0.1, 0.15) is 28.4 Å². The lowest BCUT2D eigenvalue weighted by Gasteiger charge is -2.06. The topological polar surface area (TPSA) is 104 Å². The second kappa shape index (κ2) is 7.50. The second-order valence-electron chi connectivity index (χ2n) is 5.43. The zero-order valence-electron chi connectivity index (χ0n) is 14.8. The molecule has 0 amide bonds. The van der Waals surface area contributed by atoms with Crippen molar-refractivity contribution in [3.63, 3.8) is 0 Å². The van der Waals surface area contributed by atoms with Gasteiger partial charge in [0.2, 0.25) is 5.89 Å². The van der Waals surface area contributed by atoms with Crippen molar-refractivity contribution in [2.75, 3.05) is 14.2 Å². The molecule has 0 radical (unpaired) electrons. The Morgan fingerprint density at radius 1 is 1.07 bits per heavy atom. The summed E-state index contributed by atoms with van der Waals surface area (Å²) in [7, 11) is 2.56. The molecule has 0 unspecified atom stereocenters. The fraction of sp³-hybridized carbons (Fsp3) is 0.167. The maximum absolute atomic E-state index is 11.9. The van der Waals surface area contributed by atoms with E-state index in [1.807, 2.05) is 0 Å². The van der Waals surface area contributed by atoms with Crippen molar-refractivity contribution in [1.29, 1.82) is 0 Å². The van der Waals surface area contributed by atoms with Crippen LogP contribution in [0.1, 0.15) is 33.8 Å². The first-order valence-electron chi connectivity index (χ1n) is 7.70. The standard InChI is InChI=1S/C18H15N3O5S/c1-9(2)15-20-12(7-26-15)14-10(5-6-11(19-14)17(22)24-3)16-21-13(8-27-16)18(23)25-4/h5-8H,1H2,2-4H3. The number of carbonyl (C=O) groups is 2. The van der Waals surface area contributed by atoms with Gasteiger partial charge in [-0.2, -0.15) is 0 Å². The molecule has 9 heteroatoms. The van der Waals surface area contributed by atoms with E-state index < -0.39 is 11.9 Å². The predicted molar refractivity (Wildman–Crippen MR) is 98.2 cm³/mol. The molecule has 0 aliphatic rings. The Morgan fingerprint density at radius 2 is 1.78 bits per heavy atom. The third-order valence-corrected chi connectivity index (χ3v) is 4.41. The predicted octanol–water partition coefficient (Wildman–Crippen LogP) is 3.47. The summed E-state index contributed by atoms with van der Waals surface area (Å²) in [6, 6.07) is 3.19. The van der Waals surface area contributed by atoms with Gasteiger partial charge < -0.3 is 13.9 Å². The van der Waals surface area contributed by atoms with Crippen LogP contribution in [0.3, 0.4) is 0 Å². The molecule has 0 N–H and O–H groups in total. The number of rotatable bonds is 5. The number of ether oxygens (including phenoxy) is 2. The smallest absolute Gasteiger partial charge is 0.357 e. The van der Waals surface area contributed by atoms with Gasteiger partial charge in [0.25, 0.3) is 0 Å². The van der Waals surface area contributed by atoms with Crippen molar-refractivity contribution in [2.24, 2.45) is 0 Å². The first-order valence-corrected chi connectivity index (χ1v) is 8.58. The largest absolute Gasteiger partial charge is 0.464 e. The van der Waals surface area contributed by atoms with Crippen LogP contribution in [0, 0.1) is 0 Å². The Morgan fingerprint density at radius 3 is 2.41 bits per heavy atom. The Labute approximate surface area is 158 Å². The number of esters is 2. The molecule has 8 nitrogen and oxygen atoms in total. The minimum absolute atomic E-state index is 0.112. The summed E-state index contributed by atoms with van der Waals surface area (Å²) in [4.78, 5) is 36.6. The maximum atomic E-state index is 11.9. The van der Waals surface area contributed by atoms with Gasteiger partial charge in [-0.3, -0.25) is 0 Å². The summed E-state index contributed by atoms with van der Waals surface area (Å²) in [5.41, 5.74) is 2.31. The number of nitrogens with zero attached hydrogens (tertiary/aromatic N) is 3. The average Bonchev–Trinajstić information content (AvgIpc) is 3.36. The summed E-state index contributed by atoms with van der Waals surface area (Å²) < 4.78 is 14.8. The minimum Gasteiger partial charge on any atom is -0.464 e. The summed E-state index contributed by atoms with van der Waals surface area (Å²) in [6.07, 6.45) is 1.42. The number of pyridine rings is 1. The molecule has 3 heterocycles. The zero-order chi connectivity index (χ0) is 19.6. The van der Waals surface area contributed by atoms with Crippen LogP contribution in [0.25, 0.3) is 27.5 Å². The summed E-state index contributed by atoms with van der Waals surface area (Å²) >= 11 is 1.24. The number of aromatic nitrogens is 3. The Kier molecular flexibility index (Phi) is 5.13. The summed E-state index contributed by atoms with van der Waals surface area (Å²) in [5.74, 6) is -0.763. The van der Waals surface area contributed by atoms with Crippen LogP contribution >= 0.6 is 11.3 Å². The molecular formula is C18H15N3O5S. The molecule has 0 spiro atoms. The van der Waals surface area contributed by atoms with E-state index in [0.717, 1.165) is 0 Å². The summed E-state index contributed by atoms with van der Waals surface area (Å²) in [6.45, 7) is 5.55. The number of hydrogen-bond donors (Lipinski definition) is 0. The van der Waals surface area contributed by atoms with Crippen LogP contribution in [0.4, 0.5) is 0 Å². The fourth-order valence-electron chi connectivity index (χ4n) is 2.22. The maximum Gasteiger partial charge on any atom is 0.357 e. The molecule has 3 aromatic heterocycles. The number of allylic oxidation sites excluding steroid dienone is 1. The number of methoxy groups -OCH3 is 2. The monoisotopic (exact) mass is 385 g/mol. The van der Waals surface area contributed by atoms with Gasteiger partial charge in [0.05, 0.1) is 14.2 Å². The molecule has 3 rings (SSSR count). The molecule has 0 saturated carbocycles. The number of carbonyl (C=O) groups excluding carboxylic acids is 2. The molecule has 0 atom stereocenters. The van der Waals surface area contributed by atoms with Gasteiger partial charge in [-0.1, -0.05) is 6.58 Å². The zero-order valence-corrected chi connectivity index (χ0v) is 15.6. The molecule has 0 aromatic carbocycles. The molecule has 138 valence electrons. The lowest BCUT2D eigenvalue weighted by Crippen LogP contribution is -2.06. The van der Waals surface area contributed by atoms with Crippen LogP contribution < -0.4 is 0 Å². The lowest BCUT2D eigenvalue weighted by molar-refractivity contribution is 0.0586. The van der Waals surface area contributed by atoms with Gasteiger partial charge in [-0.25, -0.2) is 24.5 Å². The SMILES string of the molecule is C=C(C)c1nc(-c2nc(C(=O)OC)ccc2-c2nc(C(=O)OC)cs2)co1. The van der Waals surface area contributed by atoms with Gasteiger partial charge >= 0.3 is 11.9 Å². The Hall–Kier alpha value is -3.33. The third kappa shape index (κ3) is 3.63. The quantitative estimate of drug-likeness (QED) is 0.615. The van der Waals surface area contributed by atoms with Crippen LogP contribution in [-0.4, -0.2) is 41.1 Å². The highest BCUT2D eigenvalue weighted by Crippen LogP contribution is 2.33. The number of thiazole rings is 1. The fourth-order valence-corrected chi connectivity index (χ4v) is 3.03. The summed E-state index contributed by atoms with van der Waals surface area (Å²) in [5, 5.41) is 2.11. The van der Waals surface area contributed by atoms with Crippen LogP contribution in [0.5, 0.6) is 0 Å². The molecule has 0 aliphatic carbocycles. The molecule has 3 aromatic rings. The van der Waals surface area contributed by atoms with E-state index >= 15 is 0 Å². The van der Waals surface area contributed by atoms with Gasteiger partial charge in [0.15, 0.2) is 5.69 Å². The Bertz CT molecular complexity index is 1040. The van der Waals surface area contributed by atoms with Crippen molar-refractivity contribution in [2.45, 2.75) is 6.92 Å². The van der Waals surface area contributed by atoms with Crippen molar-refractivity contribution in [3.8, 4) is 22.0 Å². The second-order valence-corrected chi connectivity index (χ2v) is 6.29. The van der Waals surface area contributed by atoms with Crippen LogP contribution in [0.15, 0.2) is 34.8 Å². The van der Waals surface area contributed by atoms with Crippen molar-refractivity contribution < 1.29 is 23.5 Å². The van der Waals surface area contributed by atoms with Crippen LogP contribution in [0.2, 0.25) is 0 Å². The minimum atomic E-state index is -0.583. The average molecular weight is 385 g/mol. The van der Waals surface area contributed by atoms with E-state index in [9.17, 15) is 9.59 Å². The normalized spacial score (nSPS) is 10.5. The molecule has 0 fully saturated rings. The third-order valence-electron chi connectivity index (χ3n) is 3.53. The van der Waals surface area contributed by atoms with Gasteiger partial charge in [0, 0.05) is 16.5 Å². The van der Waals surface area contributed by atoms with Crippen molar-refractivity contribution in [3.05, 3.63) is 47.6 Å². The van der Waals surface area contributed by atoms with Crippen molar-refractivity contribution >= 4 is 28.8 Å². The molecule has 0 aliphatic heterocycles. The first-order chi connectivity index (χ1) is 12.9. The van der Waals surface area contributed by atoms with E-state index in [2.05, 4.69) is 26.3 Å². The van der Waals surface area contributed by atoms with E-state index in [1.165, 1.54) is 37.9 Å². The highest BCUT2D eigenvalue weighted by Gasteiger charge is 2.21. The van der Waals surface area contributed by atoms with Gasteiger partial charge in [-0.05, 0) is 19.1 Å². The highest BCUT2D eigenvalue weighted by atomic mass is 32.1. The Balaban J connectivity index is 2.15. The molecule has 27 heavy (non-hydrogen) atoms. The van der Waals surface area contributed by atoms with Crippen molar-refractivity contribution in [1.82, 2.24) is 15.0 Å². The van der Waals surface area contributed by atoms with E-state index in [-0.39, 0.29) is 11.4 Å². The number of oxazole rings is 1.